The highest BCUT2D eigenvalue weighted by Crippen LogP contribution is 1.98. The highest BCUT2D eigenvalue weighted by Gasteiger charge is 2.00. The SMILES string of the molecule is CC(C)CCOC(=O)NCCCN. The second kappa shape index (κ2) is 7.86. The second-order valence-corrected chi connectivity index (χ2v) is 3.39. The number of ether oxygens (including phenoxy) is 1. The maximum Gasteiger partial charge on any atom is 0.407 e. The van der Waals surface area contributed by atoms with Crippen molar-refractivity contribution in [2.24, 2.45) is 11.7 Å². The number of nitrogens with one attached hydrogen (secondary N) is 1. The van der Waals surface area contributed by atoms with Crippen molar-refractivity contribution in [2.75, 3.05) is 19.7 Å². The van der Waals surface area contributed by atoms with Gasteiger partial charge in [-0.3, -0.25) is 0 Å². The molecule has 0 rings (SSSR count). The van der Waals surface area contributed by atoms with Gasteiger partial charge in [0.1, 0.15) is 0 Å². The van der Waals surface area contributed by atoms with Crippen LogP contribution in [0.4, 0.5) is 4.79 Å². The Balaban J connectivity index is 3.20. The molecule has 0 aromatic carbocycles. The van der Waals surface area contributed by atoms with Crippen LogP contribution in [-0.4, -0.2) is 25.8 Å². The lowest BCUT2D eigenvalue weighted by Crippen LogP contribution is -2.27. The third-order valence-corrected chi connectivity index (χ3v) is 1.58. The van der Waals surface area contributed by atoms with Gasteiger partial charge in [-0.1, -0.05) is 13.8 Å². The average molecular weight is 188 g/mol. The third-order valence-electron chi connectivity index (χ3n) is 1.58. The summed E-state index contributed by atoms with van der Waals surface area (Å²) in [6, 6.07) is 0. The van der Waals surface area contributed by atoms with Gasteiger partial charge in [-0.05, 0) is 25.3 Å². The van der Waals surface area contributed by atoms with Crippen LogP contribution in [0.25, 0.3) is 0 Å². The molecule has 0 aliphatic carbocycles. The van der Waals surface area contributed by atoms with Crippen LogP contribution in [0.1, 0.15) is 26.7 Å². The summed E-state index contributed by atoms with van der Waals surface area (Å²) >= 11 is 0. The fourth-order valence-corrected chi connectivity index (χ4v) is 0.731. The van der Waals surface area contributed by atoms with Crippen molar-refractivity contribution >= 4 is 6.09 Å². The van der Waals surface area contributed by atoms with Crippen LogP contribution >= 0.6 is 0 Å². The van der Waals surface area contributed by atoms with Crippen molar-refractivity contribution in [1.29, 1.82) is 0 Å². The number of carbonyl (C=O) groups excluding carboxylic acids is 1. The molecule has 0 heterocycles. The van der Waals surface area contributed by atoms with Gasteiger partial charge < -0.3 is 15.8 Å². The van der Waals surface area contributed by atoms with Crippen LogP contribution in [0.15, 0.2) is 0 Å². The number of alkyl carbamates (subject to hydrolysis) is 1. The lowest BCUT2D eigenvalue weighted by Gasteiger charge is -2.07. The smallest absolute Gasteiger partial charge is 0.407 e. The minimum Gasteiger partial charge on any atom is -0.450 e. The Labute approximate surface area is 79.8 Å². The van der Waals surface area contributed by atoms with Gasteiger partial charge in [0, 0.05) is 6.54 Å². The maximum atomic E-state index is 10.9. The van der Waals surface area contributed by atoms with E-state index in [0.29, 0.717) is 25.6 Å². The van der Waals surface area contributed by atoms with E-state index in [9.17, 15) is 4.79 Å². The van der Waals surface area contributed by atoms with Crippen molar-refractivity contribution in [3.05, 3.63) is 0 Å². The van der Waals surface area contributed by atoms with E-state index in [1.165, 1.54) is 0 Å². The molecule has 0 aliphatic heterocycles. The molecule has 1 amide bonds. The quantitative estimate of drug-likeness (QED) is 0.614. The zero-order chi connectivity index (χ0) is 10.1. The molecule has 0 aromatic rings. The first-order valence-corrected chi connectivity index (χ1v) is 4.77. The van der Waals surface area contributed by atoms with Crippen LogP contribution in [0.3, 0.4) is 0 Å². The maximum absolute atomic E-state index is 10.9. The standard InChI is InChI=1S/C9H20N2O2/c1-8(2)4-7-13-9(12)11-6-3-5-10/h8H,3-7,10H2,1-2H3,(H,11,12). The van der Waals surface area contributed by atoms with Crippen molar-refractivity contribution in [2.45, 2.75) is 26.7 Å². The number of hydrogen-bond acceptors (Lipinski definition) is 3. The van der Waals surface area contributed by atoms with Gasteiger partial charge in [-0.25, -0.2) is 4.79 Å². The van der Waals surface area contributed by atoms with Crippen LogP contribution in [-0.2, 0) is 4.74 Å². The summed E-state index contributed by atoms with van der Waals surface area (Å²) in [4.78, 5) is 10.9. The van der Waals surface area contributed by atoms with Crippen molar-refractivity contribution in [3.63, 3.8) is 0 Å². The van der Waals surface area contributed by atoms with Crippen LogP contribution in [0.2, 0.25) is 0 Å². The predicted molar refractivity (Wildman–Crippen MR) is 52.5 cm³/mol. The minimum atomic E-state index is -0.339. The zero-order valence-corrected chi connectivity index (χ0v) is 8.51. The summed E-state index contributed by atoms with van der Waals surface area (Å²) in [5.74, 6) is 0.567. The molecule has 4 nitrogen and oxygen atoms in total. The Morgan fingerprint density at radius 3 is 2.77 bits per heavy atom. The minimum absolute atomic E-state index is 0.339. The topological polar surface area (TPSA) is 64.3 Å². The lowest BCUT2D eigenvalue weighted by atomic mass is 10.1. The fraction of sp³-hybridized carbons (Fsp3) is 0.889. The normalized spacial score (nSPS) is 10.2. The van der Waals surface area contributed by atoms with Crippen LogP contribution in [0, 0.1) is 5.92 Å². The van der Waals surface area contributed by atoms with E-state index in [4.69, 9.17) is 10.5 Å². The Hall–Kier alpha value is -0.770. The van der Waals surface area contributed by atoms with Crippen LogP contribution < -0.4 is 11.1 Å². The number of nitrogens with two attached hydrogens (primary N) is 1. The Morgan fingerprint density at radius 2 is 2.23 bits per heavy atom. The van der Waals surface area contributed by atoms with Gasteiger partial charge in [-0.15, -0.1) is 0 Å². The number of hydrogen-bond donors (Lipinski definition) is 2. The van der Waals surface area contributed by atoms with E-state index >= 15 is 0 Å². The van der Waals surface area contributed by atoms with Gasteiger partial charge >= 0.3 is 6.09 Å². The summed E-state index contributed by atoms with van der Waals surface area (Å²) in [6.07, 6.45) is 1.36. The summed E-state index contributed by atoms with van der Waals surface area (Å²) in [5, 5.41) is 2.62. The van der Waals surface area contributed by atoms with Gasteiger partial charge in [0.25, 0.3) is 0 Å². The molecule has 0 aliphatic rings. The molecule has 0 fully saturated rings. The molecule has 3 N–H and O–H groups in total. The van der Waals surface area contributed by atoms with E-state index in [2.05, 4.69) is 19.2 Å². The fourth-order valence-electron chi connectivity index (χ4n) is 0.731. The van der Waals surface area contributed by atoms with Crippen molar-refractivity contribution < 1.29 is 9.53 Å². The molecule has 78 valence electrons. The molecule has 0 atom stereocenters. The average Bonchev–Trinajstić information content (AvgIpc) is 2.04. The highest BCUT2D eigenvalue weighted by atomic mass is 16.5. The first-order chi connectivity index (χ1) is 6.16. The first-order valence-electron chi connectivity index (χ1n) is 4.77. The molecule has 0 saturated carbocycles. The second-order valence-electron chi connectivity index (χ2n) is 3.39. The number of carbonyl (C=O) groups is 1. The summed E-state index contributed by atoms with van der Waals surface area (Å²) in [7, 11) is 0. The molecule has 0 unspecified atom stereocenters. The van der Waals surface area contributed by atoms with Gasteiger partial charge in [0.2, 0.25) is 0 Å². The molecule has 0 spiro atoms. The summed E-state index contributed by atoms with van der Waals surface area (Å²) in [6.45, 7) is 5.86. The monoisotopic (exact) mass is 188 g/mol. The number of amides is 1. The van der Waals surface area contributed by atoms with Gasteiger partial charge in [-0.2, -0.15) is 0 Å². The molecule has 0 bridgehead atoms. The molecular weight excluding hydrogens is 168 g/mol. The molecule has 0 aromatic heterocycles. The number of rotatable bonds is 6. The lowest BCUT2D eigenvalue weighted by molar-refractivity contribution is 0.140. The Bertz CT molecular complexity index is 138. The van der Waals surface area contributed by atoms with Crippen molar-refractivity contribution in [1.82, 2.24) is 5.32 Å². The summed E-state index contributed by atoms with van der Waals surface area (Å²) in [5.41, 5.74) is 5.26. The zero-order valence-electron chi connectivity index (χ0n) is 8.51. The van der Waals surface area contributed by atoms with E-state index in [1.807, 2.05) is 0 Å². The molecule has 13 heavy (non-hydrogen) atoms. The third kappa shape index (κ3) is 9.14. The predicted octanol–water partition coefficient (Wildman–Crippen LogP) is 1.11. The van der Waals surface area contributed by atoms with Crippen molar-refractivity contribution in [3.8, 4) is 0 Å². The van der Waals surface area contributed by atoms with Crippen LogP contribution in [0.5, 0.6) is 0 Å². The highest BCUT2D eigenvalue weighted by molar-refractivity contribution is 5.66. The largest absolute Gasteiger partial charge is 0.450 e. The van der Waals surface area contributed by atoms with Gasteiger partial charge in [0.05, 0.1) is 6.61 Å². The first kappa shape index (κ1) is 12.2. The molecule has 4 heteroatoms. The Kier molecular flexibility index (Phi) is 7.39. The Morgan fingerprint density at radius 1 is 1.54 bits per heavy atom. The molecule has 0 radical (unpaired) electrons. The van der Waals surface area contributed by atoms with E-state index in [1.54, 1.807) is 0 Å². The summed E-state index contributed by atoms with van der Waals surface area (Å²) < 4.78 is 4.91. The van der Waals surface area contributed by atoms with E-state index in [-0.39, 0.29) is 6.09 Å². The molecular formula is C9H20N2O2. The van der Waals surface area contributed by atoms with E-state index in [0.717, 1.165) is 12.8 Å². The van der Waals surface area contributed by atoms with Gasteiger partial charge in [0.15, 0.2) is 0 Å². The molecule has 0 saturated heterocycles. The van der Waals surface area contributed by atoms with E-state index < -0.39 is 0 Å².